The summed E-state index contributed by atoms with van der Waals surface area (Å²) in [7, 11) is 0. The van der Waals surface area contributed by atoms with Crippen LogP contribution in [0.5, 0.6) is 0 Å². The molecule has 3 rings (SSSR count). The number of hydrogen-bond donors (Lipinski definition) is 4. The number of hydrogen-bond acceptors (Lipinski definition) is 9. The highest BCUT2D eigenvalue weighted by Crippen LogP contribution is 2.12. The number of nitrogens with zero attached hydrogens (tertiary/aromatic N) is 4. The fourth-order valence-corrected chi connectivity index (χ4v) is 4.28. The molecular formula is C21H21F3N8O4S. The largest absolute Gasteiger partial charge is 0.405 e. The van der Waals surface area contributed by atoms with Crippen molar-refractivity contribution in [1.29, 1.82) is 5.26 Å². The van der Waals surface area contributed by atoms with Crippen molar-refractivity contribution in [2.75, 3.05) is 36.9 Å². The van der Waals surface area contributed by atoms with Crippen LogP contribution in [0.2, 0.25) is 0 Å². The Hall–Kier alpha value is -4.23. The van der Waals surface area contributed by atoms with Crippen molar-refractivity contribution in [2.24, 2.45) is 0 Å². The lowest BCUT2D eigenvalue weighted by Gasteiger charge is -2.12. The molecule has 0 aromatic carbocycles. The van der Waals surface area contributed by atoms with Crippen LogP contribution in [0.3, 0.4) is 0 Å². The van der Waals surface area contributed by atoms with E-state index in [1.54, 1.807) is 35.3 Å². The van der Waals surface area contributed by atoms with Gasteiger partial charge in [-0.1, -0.05) is 6.07 Å². The summed E-state index contributed by atoms with van der Waals surface area (Å²) in [6.45, 7) is 0.388. The second-order valence-corrected chi connectivity index (χ2v) is 8.63. The molecule has 2 aromatic heterocycles. The summed E-state index contributed by atoms with van der Waals surface area (Å²) in [5, 5.41) is 19.0. The molecule has 0 unspecified atom stereocenters. The Morgan fingerprint density at radius 2 is 2.03 bits per heavy atom. The molecule has 3 amide bonds. The molecule has 4 N–H and O–H groups in total. The van der Waals surface area contributed by atoms with Crippen molar-refractivity contribution in [2.45, 2.75) is 19.6 Å². The van der Waals surface area contributed by atoms with Crippen LogP contribution in [0.1, 0.15) is 6.92 Å². The number of nitriles is 1. The van der Waals surface area contributed by atoms with Crippen molar-refractivity contribution in [1.82, 2.24) is 25.1 Å². The van der Waals surface area contributed by atoms with Crippen LogP contribution in [0.25, 0.3) is 11.8 Å². The zero-order valence-corrected chi connectivity index (χ0v) is 20.1. The number of anilines is 2. The molecule has 3 heterocycles. The average molecular weight is 539 g/mol. The number of carbonyl (C=O) groups excluding carboxylic acids is 3. The van der Waals surface area contributed by atoms with Crippen molar-refractivity contribution in [3.8, 4) is 6.07 Å². The van der Waals surface area contributed by atoms with Gasteiger partial charge in [-0.2, -0.15) is 18.4 Å². The zero-order valence-electron chi connectivity index (χ0n) is 19.3. The number of carbonyl (C=O) groups is 3. The first kappa shape index (κ1) is 27.4. The van der Waals surface area contributed by atoms with E-state index in [-0.39, 0.29) is 58.9 Å². The minimum Gasteiger partial charge on any atom is -0.345 e. The number of thiazole rings is 1. The van der Waals surface area contributed by atoms with Gasteiger partial charge in [0.15, 0.2) is 5.57 Å². The predicted molar refractivity (Wildman–Crippen MR) is 127 cm³/mol. The summed E-state index contributed by atoms with van der Waals surface area (Å²) >= 11 is 0.751. The Labute approximate surface area is 211 Å². The maximum atomic E-state index is 12.8. The molecule has 0 saturated carbocycles. The van der Waals surface area contributed by atoms with Gasteiger partial charge in [0.25, 0.3) is 11.5 Å². The normalized spacial score (nSPS) is 15.1. The van der Waals surface area contributed by atoms with Gasteiger partial charge in [-0.25, -0.2) is 4.98 Å². The average Bonchev–Trinajstić information content (AvgIpc) is 3.38. The van der Waals surface area contributed by atoms with Crippen LogP contribution >= 0.6 is 11.3 Å². The first-order chi connectivity index (χ1) is 17.5. The molecule has 0 radical (unpaired) electrons. The smallest absolute Gasteiger partial charge is 0.345 e. The predicted octanol–water partition coefficient (Wildman–Crippen LogP) is -1.14. The minimum absolute atomic E-state index is 0.0208. The second-order valence-electron chi connectivity index (χ2n) is 7.60. The third-order valence-corrected chi connectivity index (χ3v) is 5.96. The molecule has 1 saturated heterocycles. The first-order valence-corrected chi connectivity index (χ1v) is 11.5. The highest BCUT2D eigenvalue weighted by Gasteiger charge is 2.29. The Bertz CT molecular complexity index is 1430. The zero-order chi connectivity index (χ0) is 27.2. The molecule has 12 nitrogen and oxygen atoms in total. The molecule has 16 heteroatoms. The standard InChI is InChI=1S/C21H21F3N8O4S/c1-2-32-19(36)13(37-20(32)12(6-25)18(35)27-10-21(22,23)24)7-26-14-4-3-5-15(29-14)30-17(34)9-31-8-16(33)28-11-31/h3-5,7H,2,8-11H2,1H3,(H,27,35)(H,28,33)(H2,26,29,30,34). The number of aromatic nitrogens is 2. The molecule has 196 valence electrons. The van der Waals surface area contributed by atoms with Gasteiger partial charge in [0.05, 0.1) is 19.8 Å². The van der Waals surface area contributed by atoms with Crippen LogP contribution in [-0.2, 0) is 20.9 Å². The molecule has 1 fully saturated rings. The lowest BCUT2D eigenvalue weighted by molar-refractivity contribution is -0.135. The van der Waals surface area contributed by atoms with E-state index in [4.69, 9.17) is 0 Å². The van der Waals surface area contributed by atoms with Gasteiger partial charge in [-0.3, -0.25) is 28.6 Å². The summed E-state index contributed by atoms with van der Waals surface area (Å²) in [6.07, 6.45) is -3.38. The molecule has 1 aliphatic rings. The molecule has 0 spiro atoms. The molecular weight excluding hydrogens is 517 g/mol. The van der Waals surface area contributed by atoms with Crippen molar-refractivity contribution >= 4 is 52.5 Å². The fourth-order valence-electron chi connectivity index (χ4n) is 3.19. The van der Waals surface area contributed by atoms with Gasteiger partial charge in [0, 0.05) is 12.7 Å². The fraction of sp³-hybridized carbons (Fsp3) is 0.333. The number of pyridine rings is 1. The summed E-state index contributed by atoms with van der Waals surface area (Å²) in [5.41, 5.74) is -1.19. The summed E-state index contributed by atoms with van der Waals surface area (Å²) in [5.74, 6) is -1.35. The molecule has 0 atom stereocenters. The van der Waals surface area contributed by atoms with E-state index in [9.17, 15) is 37.6 Å². The van der Waals surface area contributed by atoms with Crippen LogP contribution in [0.15, 0.2) is 23.0 Å². The van der Waals surface area contributed by atoms with E-state index in [1.807, 2.05) is 0 Å². The topological polar surface area (TPSA) is 161 Å². The van der Waals surface area contributed by atoms with Crippen LogP contribution in [0, 0.1) is 11.3 Å². The SMILES string of the molecule is CCn1c(=C(C#N)C(=O)NCC(F)(F)F)sc(=CNc2cccc(NC(=O)CN3CNC(=O)C3)n2)c1=O. The highest BCUT2D eigenvalue weighted by molar-refractivity contribution is 7.07. The van der Waals surface area contributed by atoms with Gasteiger partial charge in [0.2, 0.25) is 11.8 Å². The first-order valence-electron chi connectivity index (χ1n) is 10.7. The molecule has 37 heavy (non-hydrogen) atoms. The number of halogens is 3. The Balaban J connectivity index is 1.80. The van der Waals surface area contributed by atoms with E-state index < -0.39 is 29.8 Å². The lowest BCUT2D eigenvalue weighted by Crippen LogP contribution is -2.37. The van der Waals surface area contributed by atoms with E-state index in [0.717, 1.165) is 15.9 Å². The van der Waals surface area contributed by atoms with Crippen LogP contribution < -0.4 is 36.0 Å². The minimum atomic E-state index is -4.66. The van der Waals surface area contributed by atoms with Crippen molar-refractivity contribution in [3.05, 3.63) is 37.7 Å². The Morgan fingerprint density at radius 1 is 1.30 bits per heavy atom. The Morgan fingerprint density at radius 3 is 2.65 bits per heavy atom. The quantitative estimate of drug-likeness (QED) is 0.328. The molecule has 0 aliphatic carbocycles. The molecule has 1 aliphatic heterocycles. The number of alkyl halides is 3. The van der Waals surface area contributed by atoms with Gasteiger partial charge in [-0.15, -0.1) is 11.3 Å². The monoisotopic (exact) mass is 538 g/mol. The maximum Gasteiger partial charge on any atom is 0.405 e. The van der Waals surface area contributed by atoms with Crippen LogP contribution in [-0.4, -0.2) is 64.7 Å². The molecule has 0 bridgehead atoms. The van der Waals surface area contributed by atoms with Gasteiger partial charge in [0.1, 0.15) is 33.4 Å². The molecule has 2 aromatic rings. The summed E-state index contributed by atoms with van der Waals surface area (Å²) < 4.78 is 38.4. The van der Waals surface area contributed by atoms with Gasteiger partial charge >= 0.3 is 6.18 Å². The third kappa shape index (κ3) is 7.38. The Kier molecular flexibility index (Phi) is 8.63. The van der Waals surface area contributed by atoms with Crippen molar-refractivity contribution in [3.63, 3.8) is 0 Å². The van der Waals surface area contributed by atoms with Crippen molar-refractivity contribution < 1.29 is 27.6 Å². The van der Waals surface area contributed by atoms with Crippen LogP contribution in [0.4, 0.5) is 24.8 Å². The summed E-state index contributed by atoms with van der Waals surface area (Å²) in [6, 6.07) is 6.26. The maximum absolute atomic E-state index is 12.8. The summed E-state index contributed by atoms with van der Waals surface area (Å²) in [4.78, 5) is 54.2. The van der Waals surface area contributed by atoms with Gasteiger partial charge in [-0.05, 0) is 19.1 Å². The number of nitrogens with one attached hydrogen (secondary N) is 4. The number of rotatable bonds is 8. The van der Waals surface area contributed by atoms with E-state index in [1.165, 1.54) is 12.3 Å². The van der Waals surface area contributed by atoms with E-state index >= 15 is 0 Å². The van der Waals surface area contributed by atoms with E-state index in [2.05, 4.69) is 20.9 Å². The number of amides is 3. The van der Waals surface area contributed by atoms with Gasteiger partial charge < -0.3 is 21.3 Å². The lowest BCUT2D eigenvalue weighted by atomic mass is 10.3. The third-order valence-electron chi connectivity index (χ3n) is 4.83. The van der Waals surface area contributed by atoms with E-state index in [0.29, 0.717) is 0 Å². The highest BCUT2D eigenvalue weighted by atomic mass is 32.1. The second kappa shape index (κ2) is 11.7.